The van der Waals surface area contributed by atoms with E-state index < -0.39 is 0 Å². The van der Waals surface area contributed by atoms with Crippen LogP contribution in [0, 0.1) is 11.8 Å². The molecular formula is C12H17NO2. The Morgan fingerprint density at radius 3 is 2.40 bits per heavy atom. The Balaban J connectivity index is 1.98. The van der Waals surface area contributed by atoms with Crippen molar-refractivity contribution in [2.75, 3.05) is 0 Å². The van der Waals surface area contributed by atoms with Crippen LogP contribution < -0.4 is 5.32 Å². The van der Waals surface area contributed by atoms with Crippen LogP contribution in [0.1, 0.15) is 39.0 Å². The molecule has 15 heavy (non-hydrogen) atoms. The number of hydrogen-bond acceptors (Lipinski definition) is 2. The molecule has 0 aromatic heterocycles. The molecule has 3 nitrogen and oxygen atoms in total. The predicted molar refractivity (Wildman–Crippen MR) is 57.0 cm³/mol. The maximum Gasteiger partial charge on any atom is 0.253 e. The first kappa shape index (κ1) is 10.4. The highest BCUT2D eigenvalue weighted by molar-refractivity contribution is 6.13. The van der Waals surface area contributed by atoms with Gasteiger partial charge in [0.2, 0.25) is 5.91 Å². The summed E-state index contributed by atoms with van der Waals surface area (Å²) in [5, 5.41) is 2.32. The van der Waals surface area contributed by atoms with Crippen LogP contribution in [-0.2, 0) is 9.59 Å². The van der Waals surface area contributed by atoms with Crippen LogP contribution in [0.4, 0.5) is 0 Å². The highest BCUT2D eigenvalue weighted by atomic mass is 16.2. The summed E-state index contributed by atoms with van der Waals surface area (Å²) in [6, 6.07) is 0. The third-order valence-corrected chi connectivity index (χ3v) is 3.39. The van der Waals surface area contributed by atoms with Gasteiger partial charge in [0.05, 0.1) is 6.42 Å². The fourth-order valence-electron chi connectivity index (χ4n) is 2.38. The fourth-order valence-corrected chi connectivity index (χ4v) is 2.38. The van der Waals surface area contributed by atoms with E-state index in [1.54, 1.807) is 0 Å². The Kier molecular flexibility index (Phi) is 2.89. The second kappa shape index (κ2) is 4.17. The molecule has 0 aromatic carbocycles. The highest BCUT2D eigenvalue weighted by Gasteiger charge is 2.25. The molecule has 1 saturated heterocycles. The van der Waals surface area contributed by atoms with Crippen LogP contribution in [0.25, 0.3) is 0 Å². The summed E-state index contributed by atoms with van der Waals surface area (Å²) in [6.07, 6.45) is 7.10. The Bertz CT molecular complexity index is 312. The Morgan fingerprint density at radius 2 is 1.87 bits per heavy atom. The van der Waals surface area contributed by atoms with Crippen LogP contribution in [0.3, 0.4) is 0 Å². The minimum absolute atomic E-state index is 0.157. The maximum absolute atomic E-state index is 11.3. The molecule has 0 radical (unpaired) electrons. The van der Waals surface area contributed by atoms with E-state index in [1.165, 1.54) is 12.8 Å². The van der Waals surface area contributed by atoms with E-state index in [0.717, 1.165) is 18.8 Å². The average Bonchev–Trinajstić information content (AvgIpc) is 2.49. The van der Waals surface area contributed by atoms with Crippen LogP contribution in [0.2, 0.25) is 0 Å². The van der Waals surface area contributed by atoms with Crippen LogP contribution in [0.15, 0.2) is 11.6 Å². The lowest BCUT2D eigenvalue weighted by Gasteiger charge is -2.23. The molecule has 82 valence electrons. The average molecular weight is 207 g/mol. The molecule has 3 heteroatoms. The zero-order valence-corrected chi connectivity index (χ0v) is 9.08. The van der Waals surface area contributed by atoms with Gasteiger partial charge in [0, 0.05) is 5.57 Å². The van der Waals surface area contributed by atoms with Gasteiger partial charge in [-0.05, 0) is 24.7 Å². The predicted octanol–water partition coefficient (Wildman–Crippen LogP) is 1.79. The number of allylic oxidation sites excluding steroid dienone is 1. The van der Waals surface area contributed by atoms with Crippen LogP contribution in [-0.4, -0.2) is 11.8 Å². The lowest BCUT2D eigenvalue weighted by atomic mass is 9.82. The molecule has 1 heterocycles. The number of rotatable bonds is 1. The van der Waals surface area contributed by atoms with Gasteiger partial charge in [0.25, 0.3) is 5.91 Å². The number of nitrogens with one attached hydrogen (secondary N) is 1. The van der Waals surface area contributed by atoms with E-state index in [-0.39, 0.29) is 18.2 Å². The summed E-state index contributed by atoms with van der Waals surface area (Å²) in [6.45, 7) is 2.27. The largest absolute Gasteiger partial charge is 0.292 e. The molecule has 2 aliphatic rings. The van der Waals surface area contributed by atoms with E-state index in [1.807, 2.05) is 6.08 Å². The molecule has 0 aromatic rings. The third-order valence-electron chi connectivity index (χ3n) is 3.39. The monoisotopic (exact) mass is 207 g/mol. The lowest BCUT2D eigenvalue weighted by molar-refractivity contribution is -0.124. The van der Waals surface area contributed by atoms with Gasteiger partial charge in [-0.2, -0.15) is 0 Å². The first-order chi connectivity index (χ1) is 7.15. The SMILES string of the molecule is CC1CCC(/C=C2\CC(=O)NC2=O)CC1. The fraction of sp³-hybridized carbons (Fsp3) is 0.667. The van der Waals surface area contributed by atoms with Gasteiger partial charge in [-0.3, -0.25) is 14.9 Å². The van der Waals surface area contributed by atoms with Crippen molar-refractivity contribution in [3.8, 4) is 0 Å². The zero-order valence-electron chi connectivity index (χ0n) is 9.08. The molecule has 1 N–H and O–H groups in total. The van der Waals surface area contributed by atoms with Crippen molar-refractivity contribution in [1.82, 2.24) is 5.32 Å². The number of carbonyl (C=O) groups excluding carboxylic acids is 2. The molecular weight excluding hydrogens is 190 g/mol. The third kappa shape index (κ3) is 2.46. The molecule has 2 fully saturated rings. The smallest absolute Gasteiger partial charge is 0.253 e. The summed E-state index contributed by atoms with van der Waals surface area (Å²) in [5.74, 6) is 0.987. The second-order valence-electron chi connectivity index (χ2n) is 4.77. The number of amides is 2. The van der Waals surface area contributed by atoms with Gasteiger partial charge >= 0.3 is 0 Å². The first-order valence-corrected chi connectivity index (χ1v) is 5.70. The molecule has 2 rings (SSSR count). The molecule has 1 aliphatic heterocycles. The minimum Gasteiger partial charge on any atom is -0.292 e. The van der Waals surface area contributed by atoms with Crippen molar-refractivity contribution in [2.24, 2.45) is 11.8 Å². The second-order valence-corrected chi connectivity index (χ2v) is 4.77. The standard InChI is InChI=1S/C12H17NO2/c1-8-2-4-9(5-3-8)6-10-7-11(14)13-12(10)15/h6,8-9H,2-5,7H2,1H3,(H,13,14,15)/b10-6+. The van der Waals surface area contributed by atoms with E-state index in [4.69, 9.17) is 0 Å². The van der Waals surface area contributed by atoms with E-state index >= 15 is 0 Å². The number of hydrogen-bond donors (Lipinski definition) is 1. The quantitative estimate of drug-likeness (QED) is 0.526. The Morgan fingerprint density at radius 1 is 1.20 bits per heavy atom. The lowest BCUT2D eigenvalue weighted by Crippen LogP contribution is -2.19. The minimum atomic E-state index is -0.182. The van der Waals surface area contributed by atoms with Crippen molar-refractivity contribution < 1.29 is 9.59 Å². The Hall–Kier alpha value is -1.12. The molecule has 1 aliphatic carbocycles. The summed E-state index contributed by atoms with van der Waals surface area (Å²) in [7, 11) is 0. The topological polar surface area (TPSA) is 46.2 Å². The molecule has 0 spiro atoms. The van der Waals surface area contributed by atoms with Gasteiger partial charge in [-0.1, -0.05) is 25.8 Å². The van der Waals surface area contributed by atoms with E-state index in [0.29, 0.717) is 11.5 Å². The van der Waals surface area contributed by atoms with Crippen LogP contribution in [0.5, 0.6) is 0 Å². The van der Waals surface area contributed by atoms with Crippen molar-refractivity contribution in [3.63, 3.8) is 0 Å². The molecule has 2 amide bonds. The maximum atomic E-state index is 11.3. The first-order valence-electron chi connectivity index (χ1n) is 5.70. The van der Waals surface area contributed by atoms with E-state index in [2.05, 4.69) is 12.2 Å². The highest BCUT2D eigenvalue weighted by Crippen LogP contribution is 2.30. The van der Waals surface area contributed by atoms with Gasteiger partial charge < -0.3 is 0 Å². The zero-order chi connectivity index (χ0) is 10.8. The van der Waals surface area contributed by atoms with E-state index in [9.17, 15) is 9.59 Å². The van der Waals surface area contributed by atoms with Gasteiger partial charge in [0.1, 0.15) is 0 Å². The number of carbonyl (C=O) groups is 2. The van der Waals surface area contributed by atoms with Gasteiger partial charge in [0.15, 0.2) is 0 Å². The summed E-state index contributed by atoms with van der Waals surface area (Å²) in [4.78, 5) is 22.3. The van der Waals surface area contributed by atoms with Crippen molar-refractivity contribution >= 4 is 11.8 Å². The normalized spacial score (nSPS) is 34.6. The molecule has 0 atom stereocenters. The van der Waals surface area contributed by atoms with Gasteiger partial charge in [-0.15, -0.1) is 0 Å². The summed E-state index contributed by atoms with van der Waals surface area (Å²) < 4.78 is 0. The Labute approximate surface area is 89.9 Å². The number of imide groups is 1. The molecule has 0 bridgehead atoms. The summed E-state index contributed by atoms with van der Waals surface area (Å²) >= 11 is 0. The summed E-state index contributed by atoms with van der Waals surface area (Å²) in [5.41, 5.74) is 0.680. The van der Waals surface area contributed by atoms with Gasteiger partial charge in [-0.25, -0.2) is 0 Å². The van der Waals surface area contributed by atoms with Crippen molar-refractivity contribution in [3.05, 3.63) is 11.6 Å². The molecule has 0 unspecified atom stereocenters. The van der Waals surface area contributed by atoms with Crippen LogP contribution >= 0.6 is 0 Å². The molecule has 1 saturated carbocycles. The van der Waals surface area contributed by atoms with Crippen molar-refractivity contribution in [1.29, 1.82) is 0 Å². The van der Waals surface area contributed by atoms with Crippen molar-refractivity contribution in [2.45, 2.75) is 39.0 Å².